The van der Waals surface area contributed by atoms with Crippen LogP contribution in [0, 0.1) is 0 Å². The summed E-state index contributed by atoms with van der Waals surface area (Å²) in [5.74, 6) is 0. The van der Waals surface area contributed by atoms with E-state index in [2.05, 4.69) is 0 Å². The minimum Gasteiger partial charge on any atom is -0.394 e. The molecular formula is C7H14O6. The molecule has 6 nitrogen and oxygen atoms in total. The lowest BCUT2D eigenvalue weighted by Crippen LogP contribution is -2.58. The fourth-order valence-corrected chi connectivity index (χ4v) is 1.26. The Morgan fingerprint density at radius 1 is 1.15 bits per heavy atom. The number of rotatable bonds is 2. The Balaban J connectivity index is 2.66. The Hall–Kier alpha value is -0.240. The van der Waals surface area contributed by atoms with Gasteiger partial charge in [-0.25, -0.2) is 0 Å². The first kappa shape index (κ1) is 10.8. The number of methoxy groups -OCH3 is 1. The average molecular weight is 194 g/mol. The van der Waals surface area contributed by atoms with Crippen molar-refractivity contribution >= 4 is 0 Å². The first-order chi connectivity index (χ1) is 6.11. The lowest BCUT2D eigenvalue weighted by molar-refractivity contribution is -0.294. The SMILES string of the molecule is CO[C@H]1O[C@H](CO)[C@H](O)[C@H](O)[C@@H]1O. The van der Waals surface area contributed by atoms with Crippen molar-refractivity contribution in [3.8, 4) is 0 Å². The van der Waals surface area contributed by atoms with E-state index in [1.54, 1.807) is 0 Å². The summed E-state index contributed by atoms with van der Waals surface area (Å²) in [5.41, 5.74) is 0. The lowest BCUT2D eigenvalue weighted by Gasteiger charge is -2.38. The van der Waals surface area contributed by atoms with Crippen LogP contribution in [0.25, 0.3) is 0 Å². The predicted molar refractivity (Wildman–Crippen MR) is 40.8 cm³/mol. The van der Waals surface area contributed by atoms with E-state index in [4.69, 9.17) is 14.6 Å². The fourth-order valence-electron chi connectivity index (χ4n) is 1.26. The van der Waals surface area contributed by atoms with E-state index in [1.807, 2.05) is 0 Å². The molecule has 0 radical (unpaired) electrons. The molecule has 0 aliphatic carbocycles. The normalized spacial score (nSPS) is 46.4. The van der Waals surface area contributed by atoms with Crippen molar-refractivity contribution in [2.24, 2.45) is 0 Å². The van der Waals surface area contributed by atoms with Crippen LogP contribution in [-0.4, -0.2) is 64.8 Å². The smallest absolute Gasteiger partial charge is 0.186 e. The maximum Gasteiger partial charge on any atom is 0.186 e. The molecular weight excluding hydrogens is 180 g/mol. The van der Waals surface area contributed by atoms with Crippen LogP contribution in [-0.2, 0) is 9.47 Å². The second-order valence-corrected chi connectivity index (χ2v) is 2.93. The first-order valence-electron chi connectivity index (χ1n) is 3.95. The molecule has 1 rings (SSSR count). The van der Waals surface area contributed by atoms with Crippen molar-refractivity contribution in [3.05, 3.63) is 0 Å². The molecule has 1 aliphatic rings. The van der Waals surface area contributed by atoms with Crippen LogP contribution in [0.4, 0.5) is 0 Å². The van der Waals surface area contributed by atoms with Crippen LogP contribution >= 0.6 is 0 Å². The van der Waals surface area contributed by atoms with Gasteiger partial charge in [0.1, 0.15) is 24.4 Å². The molecule has 0 spiro atoms. The maximum absolute atomic E-state index is 9.28. The topological polar surface area (TPSA) is 99.4 Å². The summed E-state index contributed by atoms with van der Waals surface area (Å²) in [5, 5.41) is 36.6. The summed E-state index contributed by atoms with van der Waals surface area (Å²) >= 11 is 0. The van der Waals surface area contributed by atoms with Crippen LogP contribution in [0.2, 0.25) is 0 Å². The van der Waals surface area contributed by atoms with Crippen LogP contribution in [0.3, 0.4) is 0 Å². The number of aliphatic hydroxyl groups excluding tert-OH is 4. The van der Waals surface area contributed by atoms with Gasteiger partial charge in [-0.15, -0.1) is 0 Å². The quantitative estimate of drug-likeness (QED) is 0.386. The minimum absolute atomic E-state index is 0.440. The van der Waals surface area contributed by atoms with Crippen molar-refractivity contribution in [1.82, 2.24) is 0 Å². The van der Waals surface area contributed by atoms with Gasteiger partial charge in [0, 0.05) is 7.11 Å². The maximum atomic E-state index is 9.28. The molecule has 1 saturated heterocycles. The molecule has 0 saturated carbocycles. The summed E-state index contributed by atoms with van der Waals surface area (Å²) in [6, 6.07) is 0. The standard InChI is InChI=1S/C7H14O6/c1-12-7-6(11)5(10)4(9)3(2-8)13-7/h3-11H,2H2,1H3/t3-,4+,5+,6+,7+/m1/s1. The molecule has 5 atom stereocenters. The summed E-state index contributed by atoms with van der Waals surface area (Å²) in [6.45, 7) is -0.440. The van der Waals surface area contributed by atoms with E-state index in [1.165, 1.54) is 7.11 Å². The van der Waals surface area contributed by atoms with Crippen LogP contribution in [0.5, 0.6) is 0 Å². The third kappa shape index (κ3) is 1.98. The van der Waals surface area contributed by atoms with Gasteiger partial charge >= 0.3 is 0 Å². The molecule has 6 heteroatoms. The Bertz CT molecular complexity index is 143. The van der Waals surface area contributed by atoms with Crippen LogP contribution in [0.15, 0.2) is 0 Å². The van der Waals surface area contributed by atoms with Gasteiger partial charge in [-0.1, -0.05) is 0 Å². The highest BCUT2D eigenvalue weighted by molar-refractivity contribution is 4.88. The molecule has 1 aliphatic heterocycles. The van der Waals surface area contributed by atoms with E-state index in [-0.39, 0.29) is 0 Å². The first-order valence-corrected chi connectivity index (χ1v) is 3.95. The van der Waals surface area contributed by atoms with E-state index in [9.17, 15) is 15.3 Å². The van der Waals surface area contributed by atoms with Gasteiger partial charge in [-0.05, 0) is 0 Å². The van der Waals surface area contributed by atoms with E-state index >= 15 is 0 Å². The molecule has 0 aromatic heterocycles. The highest BCUT2D eigenvalue weighted by Gasteiger charge is 2.43. The van der Waals surface area contributed by atoms with Crippen LogP contribution < -0.4 is 0 Å². The highest BCUT2D eigenvalue weighted by atomic mass is 16.7. The molecule has 1 heterocycles. The van der Waals surface area contributed by atoms with Gasteiger partial charge in [0.25, 0.3) is 0 Å². The lowest BCUT2D eigenvalue weighted by atomic mass is 9.99. The predicted octanol–water partition coefficient (Wildman–Crippen LogP) is -2.57. The summed E-state index contributed by atoms with van der Waals surface area (Å²) in [4.78, 5) is 0. The van der Waals surface area contributed by atoms with Gasteiger partial charge in [-0.2, -0.15) is 0 Å². The monoisotopic (exact) mass is 194 g/mol. The Kier molecular flexibility index (Phi) is 3.60. The molecule has 0 aromatic carbocycles. The van der Waals surface area contributed by atoms with E-state index < -0.39 is 37.3 Å². The summed E-state index contributed by atoms with van der Waals surface area (Å²) in [7, 11) is 1.30. The molecule has 4 N–H and O–H groups in total. The zero-order valence-electron chi connectivity index (χ0n) is 7.20. The average Bonchev–Trinajstić information content (AvgIpc) is 2.15. The summed E-state index contributed by atoms with van der Waals surface area (Å²) < 4.78 is 9.65. The number of hydrogen-bond donors (Lipinski definition) is 4. The molecule has 78 valence electrons. The fraction of sp³-hybridized carbons (Fsp3) is 1.00. The van der Waals surface area contributed by atoms with Crippen molar-refractivity contribution < 1.29 is 29.9 Å². The second kappa shape index (κ2) is 4.32. The molecule has 0 aromatic rings. The van der Waals surface area contributed by atoms with Gasteiger partial charge in [0.2, 0.25) is 0 Å². The highest BCUT2D eigenvalue weighted by Crippen LogP contribution is 2.20. The Morgan fingerprint density at radius 3 is 2.23 bits per heavy atom. The van der Waals surface area contributed by atoms with Gasteiger partial charge in [0.15, 0.2) is 6.29 Å². The van der Waals surface area contributed by atoms with Gasteiger partial charge < -0.3 is 29.9 Å². The summed E-state index contributed by atoms with van der Waals surface area (Å²) in [6.07, 6.45) is -5.91. The molecule has 0 bridgehead atoms. The van der Waals surface area contributed by atoms with Crippen LogP contribution in [0.1, 0.15) is 0 Å². The largest absolute Gasteiger partial charge is 0.394 e. The molecule has 0 unspecified atom stereocenters. The number of aliphatic hydroxyl groups is 4. The molecule has 0 amide bonds. The van der Waals surface area contributed by atoms with Crippen molar-refractivity contribution in [1.29, 1.82) is 0 Å². The number of hydrogen-bond acceptors (Lipinski definition) is 6. The van der Waals surface area contributed by atoms with Crippen molar-refractivity contribution in [2.75, 3.05) is 13.7 Å². The van der Waals surface area contributed by atoms with E-state index in [0.29, 0.717) is 0 Å². The zero-order valence-corrected chi connectivity index (χ0v) is 7.20. The van der Waals surface area contributed by atoms with Crippen molar-refractivity contribution in [2.45, 2.75) is 30.7 Å². The third-order valence-electron chi connectivity index (χ3n) is 2.08. The van der Waals surface area contributed by atoms with Gasteiger partial charge in [-0.3, -0.25) is 0 Å². The number of ether oxygens (including phenoxy) is 2. The third-order valence-corrected chi connectivity index (χ3v) is 2.08. The molecule has 1 fully saturated rings. The zero-order chi connectivity index (χ0) is 10.0. The Labute approximate surface area is 75.3 Å². The molecule has 13 heavy (non-hydrogen) atoms. The minimum atomic E-state index is -1.36. The Morgan fingerprint density at radius 2 is 1.77 bits per heavy atom. The van der Waals surface area contributed by atoms with Gasteiger partial charge in [0.05, 0.1) is 6.61 Å². The van der Waals surface area contributed by atoms with Crippen molar-refractivity contribution in [3.63, 3.8) is 0 Å². The second-order valence-electron chi connectivity index (χ2n) is 2.93. The van der Waals surface area contributed by atoms with E-state index in [0.717, 1.165) is 0 Å².